The number of rotatable bonds is 3. The average molecular weight is 317 g/mol. The van der Waals surface area contributed by atoms with E-state index in [2.05, 4.69) is 4.98 Å². The molecule has 1 fully saturated rings. The van der Waals surface area contributed by atoms with Crippen molar-refractivity contribution in [2.75, 3.05) is 7.11 Å². The quantitative estimate of drug-likeness (QED) is 0.816. The second-order valence-electron chi connectivity index (χ2n) is 6.38. The molecule has 0 atom stereocenters. The first kappa shape index (κ1) is 15.5. The van der Waals surface area contributed by atoms with Crippen LogP contribution in [0.3, 0.4) is 0 Å². The number of benzene rings is 1. The Bertz CT molecular complexity index is 650. The topological polar surface area (TPSA) is 40.6 Å². The molecule has 0 amide bonds. The molecule has 0 saturated carbocycles. The molecule has 22 heavy (non-hydrogen) atoms. The molecule has 1 aromatic heterocycles. The summed E-state index contributed by atoms with van der Waals surface area (Å²) in [5.74, 6) is 0.838. The van der Waals surface area contributed by atoms with Gasteiger partial charge in [-0.15, -0.1) is 11.3 Å². The van der Waals surface area contributed by atoms with Gasteiger partial charge in [0, 0.05) is 0 Å². The van der Waals surface area contributed by atoms with Crippen LogP contribution in [0, 0.1) is 0 Å². The van der Waals surface area contributed by atoms with Crippen LogP contribution in [-0.4, -0.2) is 30.4 Å². The van der Waals surface area contributed by atoms with Gasteiger partial charge in [0.15, 0.2) is 0 Å². The Labute approximate surface area is 135 Å². The highest BCUT2D eigenvalue weighted by atomic mass is 32.1. The zero-order chi connectivity index (χ0) is 16.0. The third-order valence-electron chi connectivity index (χ3n) is 4.42. The first-order valence-electron chi connectivity index (χ1n) is 7.27. The molecule has 0 bridgehead atoms. The van der Waals surface area contributed by atoms with E-state index in [1.165, 1.54) is 0 Å². The van der Waals surface area contributed by atoms with E-state index in [1.54, 1.807) is 18.4 Å². The van der Waals surface area contributed by atoms with Crippen LogP contribution in [0.15, 0.2) is 29.8 Å². The number of ether oxygens (including phenoxy) is 1. The zero-order valence-corrected chi connectivity index (χ0v) is 14.4. The van der Waals surface area contributed by atoms with Gasteiger partial charge in [0.05, 0.1) is 34.3 Å². The monoisotopic (exact) mass is 317 g/mol. The van der Waals surface area contributed by atoms with Crippen molar-refractivity contribution in [3.05, 3.63) is 29.8 Å². The van der Waals surface area contributed by atoms with Crippen LogP contribution >= 0.6 is 11.3 Å². The summed E-state index contributed by atoms with van der Waals surface area (Å²) in [4.78, 5) is 5.56. The van der Waals surface area contributed by atoms with E-state index in [-0.39, 0.29) is 11.2 Å². The highest BCUT2D eigenvalue weighted by Gasteiger charge is 2.53. The zero-order valence-electron chi connectivity index (χ0n) is 13.5. The lowest BCUT2D eigenvalue weighted by Gasteiger charge is -2.32. The maximum Gasteiger partial charge on any atom is 0.516 e. The predicted molar refractivity (Wildman–Crippen MR) is 89.8 cm³/mol. The lowest BCUT2D eigenvalue weighted by molar-refractivity contribution is 0.00578. The van der Waals surface area contributed by atoms with Gasteiger partial charge in [0.2, 0.25) is 0 Å². The van der Waals surface area contributed by atoms with Crippen LogP contribution in [0.2, 0.25) is 0 Å². The van der Waals surface area contributed by atoms with Gasteiger partial charge in [-0.25, -0.2) is 0 Å². The molecule has 116 valence electrons. The van der Waals surface area contributed by atoms with Gasteiger partial charge < -0.3 is 14.0 Å². The summed E-state index contributed by atoms with van der Waals surface area (Å²) in [7, 11) is 1.23. The number of nitrogens with zero attached hydrogens (tertiary/aromatic N) is 1. The standard InChI is InChI=1S/C16H20BNO3S/c1-15(2)16(3,4)21-17(20-15)14-13(22-10-18-14)11-6-8-12(19-5)9-7-11/h6-10H,1-5H3. The smallest absolute Gasteiger partial charge is 0.497 e. The van der Waals surface area contributed by atoms with Crippen LogP contribution in [-0.2, 0) is 9.31 Å². The van der Waals surface area contributed by atoms with Gasteiger partial charge in [-0.3, -0.25) is 4.98 Å². The largest absolute Gasteiger partial charge is 0.516 e. The van der Waals surface area contributed by atoms with Crippen LogP contribution in [0.5, 0.6) is 5.75 Å². The van der Waals surface area contributed by atoms with E-state index in [9.17, 15) is 0 Å². The molecule has 1 saturated heterocycles. The lowest BCUT2D eigenvalue weighted by atomic mass is 9.82. The second-order valence-corrected chi connectivity index (χ2v) is 7.24. The van der Waals surface area contributed by atoms with Crippen LogP contribution in [0.1, 0.15) is 27.7 Å². The first-order valence-corrected chi connectivity index (χ1v) is 8.15. The molecule has 0 N–H and O–H groups in total. The maximum absolute atomic E-state index is 6.11. The van der Waals surface area contributed by atoms with Gasteiger partial charge in [-0.1, -0.05) is 0 Å². The Morgan fingerprint density at radius 2 is 1.64 bits per heavy atom. The summed E-state index contributed by atoms with van der Waals surface area (Å²) in [6, 6.07) is 7.95. The van der Waals surface area contributed by atoms with E-state index in [1.807, 2.05) is 57.5 Å². The minimum atomic E-state index is -0.437. The van der Waals surface area contributed by atoms with E-state index < -0.39 is 7.12 Å². The van der Waals surface area contributed by atoms with Crippen molar-refractivity contribution >= 4 is 24.0 Å². The normalized spacial score (nSPS) is 19.4. The van der Waals surface area contributed by atoms with Crippen molar-refractivity contribution in [1.29, 1.82) is 0 Å². The minimum Gasteiger partial charge on any atom is -0.497 e. The Morgan fingerprint density at radius 3 is 2.18 bits per heavy atom. The van der Waals surface area contributed by atoms with Gasteiger partial charge in [-0.05, 0) is 57.5 Å². The highest BCUT2D eigenvalue weighted by molar-refractivity contribution is 7.14. The Balaban J connectivity index is 1.93. The summed E-state index contributed by atoms with van der Waals surface area (Å²) >= 11 is 1.59. The number of methoxy groups -OCH3 is 1. The summed E-state index contributed by atoms with van der Waals surface area (Å²) in [6.45, 7) is 8.19. The third kappa shape index (κ3) is 2.55. The summed E-state index contributed by atoms with van der Waals surface area (Å²) < 4.78 is 17.4. The lowest BCUT2D eigenvalue weighted by Crippen LogP contribution is -2.41. The number of thiazole rings is 1. The molecule has 1 aromatic carbocycles. The summed E-state index contributed by atoms with van der Waals surface area (Å²) in [5.41, 5.74) is 3.04. The van der Waals surface area contributed by atoms with Crippen molar-refractivity contribution in [2.45, 2.75) is 38.9 Å². The van der Waals surface area contributed by atoms with Crippen molar-refractivity contribution in [3.63, 3.8) is 0 Å². The van der Waals surface area contributed by atoms with E-state index in [0.29, 0.717) is 0 Å². The molecule has 4 nitrogen and oxygen atoms in total. The molecule has 0 radical (unpaired) electrons. The molecule has 0 spiro atoms. The van der Waals surface area contributed by atoms with Gasteiger partial charge >= 0.3 is 7.12 Å². The molecule has 6 heteroatoms. The summed E-state index contributed by atoms with van der Waals surface area (Å²) in [6.07, 6.45) is 0. The molecule has 0 aliphatic carbocycles. The SMILES string of the molecule is COc1ccc(-c2scnc2B2OC(C)(C)C(C)(C)O2)cc1. The molecular weight excluding hydrogens is 297 g/mol. The fourth-order valence-electron chi connectivity index (χ4n) is 2.34. The number of aromatic nitrogens is 1. The van der Waals surface area contributed by atoms with Crippen LogP contribution < -0.4 is 10.3 Å². The molecule has 1 aliphatic rings. The Morgan fingerprint density at radius 1 is 1.05 bits per heavy atom. The second kappa shape index (κ2) is 5.37. The third-order valence-corrected chi connectivity index (χ3v) is 5.32. The van der Waals surface area contributed by atoms with Gasteiger partial charge in [0.1, 0.15) is 5.75 Å². The van der Waals surface area contributed by atoms with Crippen molar-refractivity contribution in [3.8, 4) is 16.2 Å². The molecule has 2 heterocycles. The van der Waals surface area contributed by atoms with Crippen molar-refractivity contribution in [1.82, 2.24) is 4.98 Å². The predicted octanol–water partition coefficient (Wildman–Crippen LogP) is 3.12. The van der Waals surface area contributed by atoms with Crippen molar-refractivity contribution in [2.24, 2.45) is 0 Å². The molecule has 2 aromatic rings. The molecular formula is C16H20BNO3S. The van der Waals surface area contributed by atoms with Crippen molar-refractivity contribution < 1.29 is 14.0 Å². The summed E-state index contributed by atoms with van der Waals surface area (Å²) in [5, 5.41) is 0. The maximum atomic E-state index is 6.11. The first-order chi connectivity index (χ1) is 10.3. The van der Waals surface area contributed by atoms with E-state index >= 15 is 0 Å². The van der Waals surface area contributed by atoms with Gasteiger partial charge in [0.25, 0.3) is 0 Å². The number of hydrogen-bond donors (Lipinski definition) is 0. The fraction of sp³-hybridized carbons (Fsp3) is 0.438. The van der Waals surface area contributed by atoms with E-state index in [4.69, 9.17) is 14.0 Å². The minimum absolute atomic E-state index is 0.363. The Kier molecular flexibility index (Phi) is 3.79. The van der Waals surface area contributed by atoms with Gasteiger partial charge in [-0.2, -0.15) is 0 Å². The fourth-order valence-corrected chi connectivity index (χ4v) is 3.15. The molecule has 3 rings (SSSR count). The Hall–Kier alpha value is -1.37. The van der Waals surface area contributed by atoms with Crippen LogP contribution in [0.4, 0.5) is 0 Å². The van der Waals surface area contributed by atoms with E-state index in [0.717, 1.165) is 21.8 Å². The number of hydrogen-bond acceptors (Lipinski definition) is 5. The molecule has 1 aliphatic heterocycles. The van der Waals surface area contributed by atoms with Crippen LogP contribution in [0.25, 0.3) is 10.4 Å². The highest BCUT2D eigenvalue weighted by Crippen LogP contribution is 2.37. The molecule has 0 unspecified atom stereocenters. The average Bonchev–Trinajstić information content (AvgIpc) is 3.02.